The number of rotatable bonds is 1. The van der Waals surface area contributed by atoms with Crippen LogP contribution in [0.2, 0.25) is 0 Å². The summed E-state index contributed by atoms with van der Waals surface area (Å²) in [5.74, 6) is 1.20. The fourth-order valence-electron chi connectivity index (χ4n) is 4.06. The predicted molar refractivity (Wildman–Crippen MR) is 77.4 cm³/mol. The second-order valence-corrected chi connectivity index (χ2v) is 8.09. The van der Waals surface area contributed by atoms with E-state index in [1.807, 2.05) is 0 Å². The normalized spacial score (nSPS) is 41.5. The summed E-state index contributed by atoms with van der Waals surface area (Å²) in [6.45, 7) is 9.06. The Morgan fingerprint density at radius 3 is 2.05 bits per heavy atom. The molecule has 19 heavy (non-hydrogen) atoms. The lowest BCUT2D eigenvalue weighted by Gasteiger charge is -2.52. The standard InChI is InChI=1S/C17H29NO/c1-13-5-6-17(19,11-14(13)2)16(12-18)9-7-15(3,4)8-10-16/h13-14,19H,5-11H2,1-4H3. The number of nitriles is 1. The Bertz CT molecular complexity index is 371. The van der Waals surface area contributed by atoms with E-state index in [-0.39, 0.29) is 0 Å². The Labute approximate surface area is 118 Å². The van der Waals surface area contributed by atoms with Crippen molar-refractivity contribution in [3.8, 4) is 6.07 Å². The first kappa shape index (κ1) is 14.9. The maximum absolute atomic E-state index is 11.2. The summed E-state index contributed by atoms with van der Waals surface area (Å²) in [6.07, 6.45) is 6.54. The topological polar surface area (TPSA) is 44.0 Å². The number of aliphatic hydroxyl groups is 1. The Hall–Kier alpha value is -0.550. The third-order valence-corrected chi connectivity index (χ3v) is 6.21. The van der Waals surface area contributed by atoms with Gasteiger partial charge in [0.25, 0.3) is 0 Å². The molecule has 0 aromatic carbocycles. The SMILES string of the molecule is CC1CCC(O)(C2(C#N)CCC(C)(C)CC2)CC1C. The summed E-state index contributed by atoms with van der Waals surface area (Å²) in [5, 5.41) is 21.0. The summed E-state index contributed by atoms with van der Waals surface area (Å²) in [4.78, 5) is 0. The second-order valence-electron chi connectivity index (χ2n) is 8.09. The summed E-state index contributed by atoms with van der Waals surface area (Å²) >= 11 is 0. The molecule has 2 fully saturated rings. The lowest BCUT2D eigenvalue weighted by Crippen LogP contribution is -2.53. The zero-order chi connectivity index (χ0) is 14.3. The van der Waals surface area contributed by atoms with E-state index < -0.39 is 11.0 Å². The van der Waals surface area contributed by atoms with Gasteiger partial charge < -0.3 is 5.11 Å². The highest BCUT2D eigenvalue weighted by molar-refractivity contribution is 5.15. The van der Waals surface area contributed by atoms with Crippen LogP contribution >= 0.6 is 0 Å². The number of nitrogens with zero attached hydrogens (tertiary/aromatic N) is 1. The lowest BCUT2D eigenvalue weighted by atomic mass is 9.54. The van der Waals surface area contributed by atoms with Crippen molar-refractivity contribution in [2.45, 2.75) is 78.2 Å². The number of hydrogen-bond acceptors (Lipinski definition) is 2. The Balaban J connectivity index is 2.20. The minimum atomic E-state index is -0.746. The molecule has 2 aliphatic rings. The van der Waals surface area contributed by atoms with Gasteiger partial charge in [0.05, 0.1) is 17.1 Å². The van der Waals surface area contributed by atoms with Crippen LogP contribution in [-0.4, -0.2) is 10.7 Å². The molecule has 0 saturated heterocycles. The van der Waals surface area contributed by atoms with Crippen molar-refractivity contribution in [1.29, 1.82) is 5.26 Å². The lowest BCUT2D eigenvalue weighted by molar-refractivity contribution is -0.125. The van der Waals surface area contributed by atoms with Crippen molar-refractivity contribution in [2.75, 3.05) is 0 Å². The van der Waals surface area contributed by atoms with E-state index in [9.17, 15) is 10.4 Å². The monoisotopic (exact) mass is 263 g/mol. The minimum absolute atomic E-state index is 0.338. The van der Waals surface area contributed by atoms with Gasteiger partial charge >= 0.3 is 0 Å². The van der Waals surface area contributed by atoms with Crippen molar-refractivity contribution in [3.63, 3.8) is 0 Å². The molecule has 3 atom stereocenters. The van der Waals surface area contributed by atoms with Gasteiger partial charge in [-0.05, 0) is 62.2 Å². The molecule has 0 heterocycles. The first-order valence-electron chi connectivity index (χ1n) is 7.87. The molecule has 0 aromatic heterocycles. The van der Waals surface area contributed by atoms with E-state index in [0.29, 0.717) is 17.3 Å². The van der Waals surface area contributed by atoms with E-state index in [4.69, 9.17) is 0 Å². The first-order valence-corrected chi connectivity index (χ1v) is 7.87. The third kappa shape index (κ3) is 2.55. The molecule has 0 bridgehead atoms. The van der Waals surface area contributed by atoms with Crippen LogP contribution in [0.3, 0.4) is 0 Å². The molecule has 1 N–H and O–H groups in total. The maximum atomic E-state index is 11.2. The highest BCUT2D eigenvalue weighted by atomic mass is 16.3. The molecule has 0 aromatic rings. The molecular formula is C17H29NO. The van der Waals surface area contributed by atoms with Crippen molar-refractivity contribution in [3.05, 3.63) is 0 Å². The zero-order valence-corrected chi connectivity index (χ0v) is 13.0. The highest BCUT2D eigenvalue weighted by Gasteiger charge is 2.55. The van der Waals surface area contributed by atoms with Crippen LogP contribution < -0.4 is 0 Å². The summed E-state index contributed by atoms with van der Waals surface area (Å²) in [6, 6.07) is 2.55. The quantitative estimate of drug-likeness (QED) is 0.767. The van der Waals surface area contributed by atoms with E-state index in [1.54, 1.807) is 0 Å². The smallest absolute Gasteiger partial charge is 0.0860 e. The number of hydrogen-bond donors (Lipinski definition) is 1. The Morgan fingerprint density at radius 2 is 1.58 bits per heavy atom. The van der Waals surface area contributed by atoms with Crippen LogP contribution in [0.1, 0.15) is 72.6 Å². The molecule has 0 spiro atoms. The van der Waals surface area contributed by atoms with Crippen LogP contribution in [-0.2, 0) is 0 Å². The highest BCUT2D eigenvalue weighted by Crippen LogP contribution is 2.55. The van der Waals surface area contributed by atoms with Gasteiger partial charge in [0.1, 0.15) is 0 Å². The summed E-state index contributed by atoms with van der Waals surface area (Å²) in [7, 11) is 0. The van der Waals surface area contributed by atoms with Crippen LogP contribution in [0.5, 0.6) is 0 Å². The second kappa shape index (κ2) is 4.77. The van der Waals surface area contributed by atoms with Crippen LogP contribution in [0, 0.1) is 34.0 Å². The molecule has 2 nitrogen and oxygen atoms in total. The van der Waals surface area contributed by atoms with Gasteiger partial charge in [0.2, 0.25) is 0 Å². The van der Waals surface area contributed by atoms with Gasteiger partial charge in [-0.1, -0.05) is 27.7 Å². The van der Waals surface area contributed by atoms with Crippen molar-refractivity contribution >= 4 is 0 Å². The minimum Gasteiger partial charge on any atom is -0.388 e. The predicted octanol–water partition coefficient (Wildman–Crippen LogP) is 4.28. The molecule has 2 saturated carbocycles. The fourth-order valence-corrected chi connectivity index (χ4v) is 4.06. The van der Waals surface area contributed by atoms with E-state index in [2.05, 4.69) is 33.8 Å². The molecule has 3 unspecified atom stereocenters. The largest absolute Gasteiger partial charge is 0.388 e. The van der Waals surface area contributed by atoms with Gasteiger partial charge in [-0.2, -0.15) is 5.26 Å². The van der Waals surface area contributed by atoms with Crippen molar-refractivity contribution < 1.29 is 5.11 Å². The fraction of sp³-hybridized carbons (Fsp3) is 0.941. The van der Waals surface area contributed by atoms with E-state index in [1.165, 1.54) is 0 Å². The molecule has 2 rings (SSSR count). The van der Waals surface area contributed by atoms with Gasteiger partial charge in [-0.25, -0.2) is 0 Å². The molecule has 2 heteroatoms. The van der Waals surface area contributed by atoms with E-state index in [0.717, 1.165) is 44.9 Å². The van der Waals surface area contributed by atoms with E-state index >= 15 is 0 Å². The molecule has 2 aliphatic carbocycles. The molecule has 108 valence electrons. The van der Waals surface area contributed by atoms with Gasteiger partial charge in [-0.3, -0.25) is 0 Å². The first-order chi connectivity index (χ1) is 8.74. The summed E-state index contributed by atoms with van der Waals surface area (Å²) < 4.78 is 0. The average Bonchev–Trinajstić information content (AvgIpc) is 2.35. The Morgan fingerprint density at radius 1 is 1.00 bits per heavy atom. The van der Waals surface area contributed by atoms with Crippen LogP contribution in [0.15, 0.2) is 0 Å². The maximum Gasteiger partial charge on any atom is 0.0860 e. The van der Waals surface area contributed by atoms with Crippen LogP contribution in [0.4, 0.5) is 0 Å². The molecule has 0 radical (unpaired) electrons. The summed E-state index contributed by atoms with van der Waals surface area (Å²) in [5.41, 5.74) is -0.897. The molecular weight excluding hydrogens is 234 g/mol. The van der Waals surface area contributed by atoms with Crippen LogP contribution in [0.25, 0.3) is 0 Å². The van der Waals surface area contributed by atoms with Gasteiger partial charge in [0.15, 0.2) is 0 Å². The van der Waals surface area contributed by atoms with Crippen molar-refractivity contribution in [1.82, 2.24) is 0 Å². The zero-order valence-electron chi connectivity index (χ0n) is 13.0. The third-order valence-electron chi connectivity index (χ3n) is 6.21. The molecule has 0 amide bonds. The van der Waals surface area contributed by atoms with Crippen molar-refractivity contribution in [2.24, 2.45) is 22.7 Å². The molecule has 0 aliphatic heterocycles. The van der Waals surface area contributed by atoms with Gasteiger partial charge in [-0.15, -0.1) is 0 Å². The average molecular weight is 263 g/mol. The van der Waals surface area contributed by atoms with Gasteiger partial charge in [0, 0.05) is 0 Å². The Kier molecular flexibility index (Phi) is 3.73.